The molecule has 0 radical (unpaired) electrons. The average molecular weight is 223 g/mol. The van der Waals surface area contributed by atoms with E-state index in [0.29, 0.717) is 0 Å². The Balaban J connectivity index is 2.28. The summed E-state index contributed by atoms with van der Waals surface area (Å²) < 4.78 is 22.7. The summed E-state index contributed by atoms with van der Waals surface area (Å²) in [6, 6.07) is 0. The molecule has 2 nitrogen and oxygen atoms in total. The largest absolute Gasteiger partial charge is 0.235 e. The lowest BCUT2D eigenvalue weighted by Crippen LogP contribution is -2.31. The molecule has 2 aliphatic carbocycles. The normalized spacial score (nSPS) is 32.8. The van der Waals surface area contributed by atoms with Gasteiger partial charge in [0.15, 0.2) is 0 Å². The highest BCUT2D eigenvalue weighted by Crippen LogP contribution is 2.53. The van der Waals surface area contributed by atoms with Crippen molar-refractivity contribution in [1.29, 1.82) is 0 Å². The maximum absolute atomic E-state index is 11.4. The van der Waals surface area contributed by atoms with Gasteiger partial charge in [0.05, 0.1) is 5.25 Å². The van der Waals surface area contributed by atoms with Crippen molar-refractivity contribution in [3.05, 3.63) is 0 Å². The Morgan fingerprint density at radius 3 is 2.15 bits per heavy atom. The standard InChI is InChI=1S/C9H15ClO2S/c10-13(11,12)8-4-3-7-9(8)5-1-2-6-9/h8H,1-7H2. The zero-order chi connectivity index (χ0) is 9.53. The van der Waals surface area contributed by atoms with E-state index in [1.165, 1.54) is 12.8 Å². The van der Waals surface area contributed by atoms with Crippen LogP contribution in [0.3, 0.4) is 0 Å². The van der Waals surface area contributed by atoms with Gasteiger partial charge < -0.3 is 0 Å². The first-order valence-corrected chi connectivity index (χ1v) is 7.35. The highest BCUT2D eigenvalue weighted by Gasteiger charge is 2.49. The summed E-state index contributed by atoms with van der Waals surface area (Å²) in [5, 5.41) is -0.246. The molecule has 76 valence electrons. The van der Waals surface area contributed by atoms with Crippen molar-refractivity contribution in [1.82, 2.24) is 0 Å². The van der Waals surface area contributed by atoms with Gasteiger partial charge >= 0.3 is 0 Å². The molecule has 0 aliphatic heterocycles. The van der Waals surface area contributed by atoms with Crippen LogP contribution in [0.25, 0.3) is 0 Å². The van der Waals surface area contributed by atoms with E-state index in [9.17, 15) is 8.42 Å². The topological polar surface area (TPSA) is 34.1 Å². The molecule has 2 fully saturated rings. The summed E-state index contributed by atoms with van der Waals surface area (Å²) in [6.45, 7) is 0. The predicted molar refractivity (Wildman–Crippen MR) is 53.3 cm³/mol. The summed E-state index contributed by atoms with van der Waals surface area (Å²) in [5.74, 6) is 0. The van der Waals surface area contributed by atoms with E-state index in [1.807, 2.05) is 0 Å². The molecule has 0 saturated heterocycles. The van der Waals surface area contributed by atoms with Gasteiger partial charge in [-0.15, -0.1) is 0 Å². The number of halogens is 1. The van der Waals surface area contributed by atoms with E-state index in [0.717, 1.165) is 32.1 Å². The zero-order valence-electron chi connectivity index (χ0n) is 7.63. The number of hydrogen-bond donors (Lipinski definition) is 0. The van der Waals surface area contributed by atoms with Crippen molar-refractivity contribution < 1.29 is 8.42 Å². The second-order valence-electron chi connectivity index (χ2n) is 4.43. The van der Waals surface area contributed by atoms with Crippen LogP contribution in [0.15, 0.2) is 0 Å². The van der Waals surface area contributed by atoms with Crippen molar-refractivity contribution in [2.24, 2.45) is 5.41 Å². The summed E-state index contributed by atoms with van der Waals surface area (Å²) >= 11 is 0. The Morgan fingerprint density at radius 2 is 1.62 bits per heavy atom. The maximum Gasteiger partial charge on any atom is 0.235 e. The SMILES string of the molecule is O=S(=O)(Cl)C1CCCC12CCCC2. The van der Waals surface area contributed by atoms with Gasteiger partial charge in [0, 0.05) is 10.7 Å². The van der Waals surface area contributed by atoms with E-state index < -0.39 is 9.05 Å². The lowest BCUT2D eigenvalue weighted by Gasteiger charge is -2.28. The molecular weight excluding hydrogens is 208 g/mol. The number of hydrogen-bond acceptors (Lipinski definition) is 2. The molecule has 2 saturated carbocycles. The van der Waals surface area contributed by atoms with Crippen LogP contribution in [-0.4, -0.2) is 13.7 Å². The van der Waals surface area contributed by atoms with Crippen LogP contribution in [-0.2, 0) is 9.05 Å². The third-order valence-electron chi connectivity index (χ3n) is 3.76. The third kappa shape index (κ3) is 1.61. The van der Waals surface area contributed by atoms with Gasteiger partial charge in [-0.1, -0.05) is 19.3 Å². The lowest BCUT2D eigenvalue weighted by atomic mass is 9.84. The van der Waals surface area contributed by atoms with Gasteiger partial charge in [-0.05, 0) is 31.1 Å². The van der Waals surface area contributed by atoms with Crippen LogP contribution >= 0.6 is 10.7 Å². The number of rotatable bonds is 1. The molecule has 0 aromatic carbocycles. The van der Waals surface area contributed by atoms with Crippen LogP contribution in [0.4, 0.5) is 0 Å². The highest BCUT2D eigenvalue weighted by atomic mass is 35.7. The fraction of sp³-hybridized carbons (Fsp3) is 1.00. The minimum Gasteiger partial charge on any atom is -0.212 e. The quantitative estimate of drug-likeness (QED) is 0.640. The summed E-state index contributed by atoms with van der Waals surface area (Å²) in [5.41, 5.74) is 0.0700. The average Bonchev–Trinajstić information content (AvgIpc) is 2.60. The molecule has 0 aromatic rings. The van der Waals surface area contributed by atoms with Gasteiger partial charge in [0.2, 0.25) is 9.05 Å². The van der Waals surface area contributed by atoms with Gasteiger partial charge in [-0.25, -0.2) is 8.42 Å². The molecule has 13 heavy (non-hydrogen) atoms. The third-order valence-corrected chi connectivity index (χ3v) is 5.82. The maximum atomic E-state index is 11.4. The van der Waals surface area contributed by atoms with Crippen molar-refractivity contribution in [3.63, 3.8) is 0 Å². The lowest BCUT2D eigenvalue weighted by molar-refractivity contribution is 0.311. The Morgan fingerprint density at radius 1 is 1.08 bits per heavy atom. The molecule has 0 N–H and O–H groups in total. The molecule has 0 heterocycles. The zero-order valence-corrected chi connectivity index (χ0v) is 9.20. The van der Waals surface area contributed by atoms with Crippen molar-refractivity contribution in [2.75, 3.05) is 0 Å². The van der Waals surface area contributed by atoms with Crippen molar-refractivity contribution in [2.45, 2.75) is 50.2 Å². The van der Waals surface area contributed by atoms with E-state index >= 15 is 0 Å². The fourth-order valence-corrected chi connectivity index (χ4v) is 5.43. The van der Waals surface area contributed by atoms with Gasteiger partial charge in [-0.2, -0.15) is 0 Å². The van der Waals surface area contributed by atoms with Crippen LogP contribution < -0.4 is 0 Å². The predicted octanol–water partition coefficient (Wildman–Crippen LogP) is 2.67. The van der Waals surface area contributed by atoms with Crippen LogP contribution in [0, 0.1) is 5.41 Å². The minimum atomic E-state index is -3.32. The van der Waals surface area contributed by atoms with E-state index in [1.54, 1.807) is 0 Å². The molecule has 0 amide bonds. The molecule has 0 aromatic heterocycles. The first kappa shape index (κ1) is 9.78. The van der Waals surface area contributed by atoms with Crippen molar-refractivity contribution >= 4 is 19.7 Å². The minimum absolute atomic E-state index is 0.0700. The Bertz CT molecular complexity index is 285. The highest BCUT2D eigenvalue weighted by molar-refractivity contribution is 8.14. The monoisotopic (exact) mass is 222 g/mol. The Labute approximate surface area is 84.1 Å². The second-order valence-corrected chi connectivity index (χ2v) is 7.24. The first-order chi connectivity index (χ1) is 6.05. The Kier molecular flexibility index (Phi) is 2.35. The molecule has 1 unspecified atom stereocenters. The summed E-state index contributed by atoms with van der Waals surface area (Å²) in [6.07, 6.45) is 7.41. The molecule has 4 heteroatoms. The Hall–Kier alpha value is 0.240. The summed E-state index contributed by atoms with van der Waals surface area (Å²) in [7, 11) is 2.16. The van der Waals surface area contributed by atoms with E-state index in [2.05, 4.69) is 0 Å². The first-order valence-electron chi connectivity index (χ1n) is 4.98. The second kappa shape index (κ2) is 3.13. The molecule has 1 spiro atoms. The van der Waals surface area contributed by atoms with Crippen LogP contribution in [0.2, 0.25) is 0 Å². The fourth-order valence-electron chi connectivity index (χ4n) is 3.20. The molecule has 2 aliphatic rings. The van der Waals surface area contributed by atoms with Crippen molar-refractivity contribution in [3.8, 4) is 0 Å². The summed E-state index contributed by atoms with van der Waals surface area (Å²) in [4.78, 5) is 0. The molecule has 1 atom stereocenters. The molecule has 0 bridgehead atoms. The molecular formula is C9H15ClO2S. The van der Waals surface area contributed by atoms with E-state index in [4.69, 9.17) is 10.7 Å². The van der Waals surface area contributed by atoms with Gasteiger partial charge in [0.1, 0.15) is 0 Å². The van der Waals surface area contributed by atoms with E-state index in [-0.39, 0.29) is 10.7 Å². The molecule has 2 rings (SSSR count). The van der Waals surface area contributed by atoms with Gasteiger partial charge in [-0.3, -0.25) is 0 Å². The van der Waals surface area contributed by atoms with Gasteiger partial charge in [0.25, 0.3) is 0 Å². The van der Waals surface area contributed by atoms with Crippen LogP contribution in [0.5, 0.6) is 0 Å². The smallest absolute Gasteiger partial charge is 0.212 e. The van der Waals surface area contributed by atoms with Crippen LogP contribution in [0.1, 0.15) is 44.9 Å².